The van der Waals surface area contributed by atoms with Gasteiger partial charge in [0.2, 0.25) is 0 Å². The third-order valence-corrected chi connectivity index (χ3v) is 8.31. The highest BCUT2D eigenvalue weighted by atomic mass is 19.2. The zero-order chi connectivity index (χ0) is 27.6. The summed E-state index contributed by atoms with van der Waals surface area (Å²) in [5, 5.41) is 0. The van der Waals surface area contributed by atoms with Crippen LogP contribution in [0.5, 0.6) is 5.75 Å². The molecule has 0 aliphatic heterocycles. The van der Waals surface area contributed by atoms with E-state index in [4.69, 9.17) is 14.2 Å². The molecule has 0 radical (unpaired) electrons. The number of hydrogen-bond donors (Lipinski definition) is 0. The molecule has 214 valence electrons. The molecule has 0 bridgehead atoms. The van der Waals surface area contributed by atoms with Crippen molar-refractivity contribution in [3.05, 3.63) is 77.1 Å². The van der Waals surface area contributed by atoms with Gasteiger partial charge in [0.05, 0.1) is 25.4 Å². The van der Waals surface area contributed by atoms with E-state index < -0.39 is 11.6 Å². The van der Waals surface area contributed by atoms with Crippen molar-refractivity contribution in [3.63, 3.8) is 0 Å². The van der Waals surface area contributed by atoms with Crippen molar-refractivity contribution >= 4 is 0 Å². The minimum absolute atomic E-state index is 0.0314. The van der Waals surface area contributed by atoms with E-state index in [1.807, 2.05) is 12.1 Å². The largest absolute Gasteiger partial charge is 0.493 e. The molecule has 0 spiro atoms. The normalized spacial score (nSPS) is 23.5. The van der Waals surface area contributed by atoms with Crippen LogP contribution < -0.4 is 4.74 Å². The number of rotatable bonds is 13. The first kappa shape index (κ1) is 29.7. The van der Waals surface area contributed by atoms with Gasteiger partial charge in [-0.25, -0.2) is 13.2 Å². The summed E-state index contributed by atoms with van der Waals surface area (Å²) >= 11 is 0. The van der Waals surface area contributed by atoms with Crippen molar-refractivity contribution in [1.29, 1.82) is 0 Å². The summed E-state index contributed by atoms with van der Waals surface area (Å²) < 4.78 is 62.2. The van der Waals surface area contributed by atoms with Crippen LogP contribution >= 0.6 is 0 Å². The molecular weight excluding hydrogens is 501 g/mol. The Hall–Kier alpha value is -2.31. The molecule has 2 aliphatic carbocycles. The van der Waals surface area contributed by atoms with Gasteiger partial charge in [-0.05, 0) is 93.2 Å². The van der Waals surface area contributed by atoms with E-state index in [2.05, 4.69) is 13.5 Å². The molecule has 0 N–H and O–H groups in total. The van der Waals surface area contributed by atoms with Crippen molar-refractivity contribution in [2.24, 2.45) is 0 Å². The second-order valence-corrected chi connectivity index (χ2v) is 11.0. The van der Waals surface area contributed by atoms with Crippen LogP contribution in [0.1, 0.15) is 106 Å². The van der Waals surface area contributed by atoms with E-state index in [0.29, 0.717) is 29.9 Å². The molecule has 2 aromatic carbocycles. The summed E-state index contributed by atoms with van der Waals surface area (Å²) in [5.41, 5.74) is 1.44. The SMILES string of the molecule is C=CCCOc1ccc(C2CCC(OCc3ccc(C4CCC(OCCCC)CC4)c(F)c3F)CC2)c(F)c1. The maximum atomic E-state index is 15.0. The minimum Gasteiger partial charge on any atom is -0.493 e. The molecule has 0 heterocycles. The fourth-order valence-electron chi connectivity index (χ4n) is 5.90. The number of benzene rings is 2. The summed E-state index contributed by atoms with van der Waals surface area (Å²) in [6.45, 7) is 7.10. The Morgan fingerprint density at radius 3 is 2.08 bits per heavy atom. The molecule has 4 rings (SSSR count). The second-order valence-electron chi connectivity index (χ2n) is 11.0. The first-order valence-electron chi connectivity index (χ1n) is 14.7. The molecule has 0 atom stereocenters. The van der Waals surface area contributed by atoms with Crippen molar-refractivity contribution < 1.29 is 27.4 Å². The van der Waals surface area contributed by atoms with Crippen LogP contribution in [0.4, 0.5) is 13.2 Å². The van der Waals surface area contributed by atoms with Crippen LogP contribution in [0.25, 0.3) is 0 Å². The fraction of sp³-hybridized carbons (Fsp3) is 0.576. The van der Waals surface area contributed by atoms with Gasteiger partial charge < -0.3 is 14.2 Å². The Morgan fingerprint density at radius 1 is 0.795 bits per heavy atom. The number of hydrogen-bond acceptors (Lipinski definition) is 3. The Balaban J connectivity index is 1.24. The average Bonchev–Trinajstić information content (AvgIpc) is 2.95. The molecule has 2 aliphatic rings. The molecule has 2 saturated carbocycles. The molecule has 6 heteroatoms. The molecule has 0 amide bonds. The van der Waals surface area contributed by atoms with Gasteiger partial charge >= 0.3 is 0 Å². The number of halogens is 3. The second kappa shape index (κ2) is 14.9. The molecule has 2 aromatic rings. The zero-order valence-electron chi connectivity index (χ0n) is 23.2. The molecular formula is C33H43F3O3. The topological polar surface area (TPSA) is 27.7 Å². The third kappa shape index (κ3) is 8.11. The van der Waals surface area contributed by atoms with Gasteiger partial charge in [-0.15, -0.1) is 6.58 Å². The summed E-state index contributed by atoms with van der Waals surface area (Å²) in [4.78, 5) is 0. The zero-order valence-corrected chi connectivity index (χ0v) is 23.2. The van der Waals surface area contributed by atoms with Crippen molar-refractivity contribution in [1.82, 2.24) is 0 Å². The van der Waals surface area contributed by atoms with E-state index in [1.54, 1.807) is 18.2 Å². The van der Waals surface area contributed by atoms with E-state index in [1.165, 1.54) is 6.07 Å². The van der Waals surface area contributed by atoms with E-state index in [9.17, 15) is 8.78 Å². The lowest BCUT2D eigenvalue weighted by Gasteiger charge is -2.30. The van der Waals surface area contributed by atoms with Crippen molar-refractivity contribution in [2.75, 3.05) is 13.2 Å². The lowest BCUT2D eigenvalue weighted by molar-refractivity contribution is 0.0116. The Labute approximate surface area is 231 Å². The van der Waals surface area contributed by atoms with Crippen LogP contribution in [0.2, 0.25) is 0 Å². The van der Waals surface area contributed by atoms with E-state index in [-0.39, 0.29) is 42.0 Å². The van der Waals surface area contributed by atoms with Gasteiger partial charge in [0.1, 0.15) is 11.6 Å². The lowest BCUT2D eigenvalue weighted by atomic mass is 9.82. The highest BCUT2D eigenvalue weighted by Gasteiger charge is 2.28. The summed E-state index contributed by atoms with van der Waals surface area (Å²) in [6, 6.07) is 8.50. The predicted octanol–water partition coefficient (Wildman–Crippen LogP) is 9.14. The molecule has 39 heavy (non-hydrogen) atoms. The third-order valence-electron chi connectivity index (χ3n) is 8.31. The molecule has 0 unspecified atom stereocenters. The van der Waals surface area contributed by atoms with Gasteiger partial charge in [-0.3, -0.25) is 0 Å². The number of unbranched alkanes of at least 4 members (excludes halogenated alkanes) is 1. The maximum absolute atomic E-state index is 15.0. The summed E-state index contributed by atoms with van der Waals surface area (Å²) in [5.74, 6) is -1.09. The van der Waals surface area contributed by atoms with Crippen LogP contribution in [0.15, 0.2) is 43.0 Å². The molecule has 0 aromatic heterocycles. The van der Waals surface area contributed by atoms with Gasteiger partial charge in [-0.2, -0.15) is 0 Å². The Kier molecular flexibility index (Phi) is 11.3. The maximum Gasteiger partial charge on any atom is 0.164 e. The van der Waals surface area contributed by atoms with Crippen molar-refractivity contribution in [3.8, 4) is 5.75 Å². The summed E-state index contributed by atoms with van der Waals surface area (Å²) in [6.07, 6.45) is 11.3. The Bertz CT molecular complexity index is 1060. The highest BCUT2D eigenvalue weighted by Crippen LogP contribution is 2.38. The molecule has 2 fully saturated rings. The quantitative estimate of drug-likeness (QED) is 0.186. The summed E-state index contributed by atoms with van der Waals surface area (Å²) in [7, 11) is 0. The monoisotopic (exact) mass is 544 g/mol. The first-order valence-corrected chi connectivity index (χ1v) is 14.7. The first-order chi connectivity index (χ1) is 19.0. The smallest absolute Gasteiger partial charge is 0.164 e. The highest BCUT2D eigenvalue weighted by molar-refractivity contribution is 5.32. The predicted molar refractivity (Wildman–Crippen MR) is 149 cm³/mol. The van der Waals surface area contributed by atoms with Crippen LogP contribution in [0.3, 0.4) is 0 Å². The van der Waals surface area contributed by atoms with Gasteiger partial charge in [0, 0.05) is 18.2 Å². The molecule has 0 saturated heterocycles. The number of ether oxygens (including phenoxy) is 3. The van der Waals surface area contributed by atoms with Gasteiger partial charge in [-0.1, -0.05) is 37.6 Å². The van der Waals surface area contributed by atoms with Crippen LogP contribution in [-0.4, -0.2) is 25.4 Å². The van der Waals surface area contributed by atoms with Crippen molar-refractivity contribution in [2.45, 2.75) is 108 Å². The van der Waals surface area contributed by atoms with Gasteiger partial charge in [0.25, 0.3) is 0 Å². The van der Waals surface area contributed by atoms with Gasteiger partial charge in [0.15, 0.2) is 11.6 Å². The fourth-order valence-corrected chi connectivity index (χ4v) is 5.90. The average molecular weight is 545 g/mol. The van der Waals surface area contributed by atoms with E-state index >= 15 is 4.39 Å². The van der Waals surface area contributed by atoms with Crippen LogP contribution in [-0.2, 0) is 16.1 Å². The standard InChI is InChI=1S/C33H43F3O3/c1-3-5-19-37-26-12-9-24(10-13-26)30-17-11-25(32(35)33(30)36)22-39-27-14-7-23(8-15-27)29-18-16-28(21-31(29)34)38-20-6-4-2/h4,11,16-18,21,23-24,26-27H,2-3,5-10,12-15,19-20,22H2,1H3. The van der Waals surface area contributed by atoms with E-state index in [0.717, 1.165) is 70.8 Å². The lowest BCUT2D eigenvalue weighted by Crippen LogP contribution is -2.22. The molecule has 3 nitrogen and oxygen atoms in total. The Morgan fingerprint density at radius 2 is 1.44 bits per heavy atom. The van der Waals surface area contributed by atoms with Crippen LogP contribution in [0, 0.1) is 17.5 Å². The minimum atomic E-state index is -0.792.